The van der Waals surface area contributed by atoms with E-state index in [2.05, 4.69) is 0 Å². The number of carbonyl (C=O) groups is 2. The number of carbonyl (C=O) groups excluding carboxylic acids is 2. The van der Waals surface area contributed by atoms with E-state index in [1.807, 2.05) is 0 Å². The SMILES string of the molecule is COC(=O)C1(C)CC(=O)N2C[C@H](O[C@H](C)c3cc(C(F)(F)F)cc(C(F)(F)F)c3)C(c3ccc(F)cc3)[C@@H]21. The lowest BCUT2D eigenvalue weighted by molar-refractivity contribution is -0.153. The van der Waals surface area contributed by atoms with Crippen molar-refractivity contribution in [3.8, 4) is 0 Å². The summed E-state index contributed by atoms with van der Waals surface area (Å²) in [5.74, 6) is -2.34. The van der Waals surface area contributed by atoms with E-state index in [1.54, 1.807) is 6.92 Å². The van der Waals surface area contributed by atoms with Crippen LogP contribution in [0.4, 0.5) is 30.7 Å². The van der Waals surface area contributed by atoms with Crippen molar-refractivity contribution in [1.29, 1.82) is 0 Å². The number of benzene rings is 2. The minimum Gasteiger partial charge on any atom is -0.469 e. The van der Waals surface area contributed by atoms with Crippen LogP contribution in [-0.2, 0) is 31.4 Å². The Labute approximate surface area is 213 Å². The van der Waals surface area contributed by atoms with Crippen LogP contribution in [-0.4, -0.2) is 42.6 Å². The smallest absolute Gasteiger partial charge is 0.416 e. The Morgan fingerprint density at radius 2 is 1.58 bits per heavy atom. The van der Waals surface area contributed by atoms with Gasteiger partial charge in [-0.1, -0.05) is 12.1 Å². The number of rotatable bonds is 5. The summed E-state index contributed by atoms with van der Waals surface area (Å²) in [6.07, 6.45) is -12.4. The molecule has 206 valence electrons. The molecule has 4 rings (SSSR count). The third-order valence-corrected chi connectivity index (χ3v) is 7.31. The van der Waals surface area contributed by atoms with E-state index in [0.29, 0.717) is 17.7 Å². The number of halogens is 7. The highest BCUT2D eigenvalue weighted by molar-refractivity contribution is 5.91. The van der Waals surface area contributed by atoms with E-state index in [1.165, 1.54) is 43.2 Å². The van der Waals surface area contributed by atoms with Crippen LogP contribution in [0.15, 0.2) is 42.5 Å². The normalized spacial score (nSPS) is 26.4. The minimum atomic E-state index is -5.03. The number of esters is 1. The number of ether oxygens (including phenoxy) is 2. The monoisotopic (exact) mass is 547 g/mol. The Hall–Kier alpha value is -3.15. The molecule has 2 unspecified atom stereocenters. The number of nitrogens with zero attached hydrogens (tertiary/aromatic N) is 1. The molecule has 0 bridgehead atoms. The standard InChI is InChI=1S/C26H24F7NO4/c1-13(15-8-16(25(28,29)30)10-17(9-15)26(31,32)33)38-19-12-34-20(35)11-24(2,23(36)37-3)22(34)21(19)14-4-6-18(27)7-5-14/h4-10,13,19,21-22H,11-12H2,1-3H3/t13-,19+,21?,22-,24?/m1/s1. The number of methoxy groups -OCH3 is 1. The first kappa shape index (κ1) is 27.9. The number of fused-ring (bicyclic) bond motifs is 1. The molecule has 2 aromatic rings. The zero-order chi connectivity index (χ0) is 28.2. The Morgan fingerprint density at radius 3 is 2.08 bits per heavy atom. The largest absolute Gasteiger partial charge is 0.469 e. The predicted molar refractivity (Wildman–Crippen MR) is 119 cm³/mol. The Bertz CT molecular complexity index is 1200. The number of alkyl halides is 6. The molecule has 12 heteroatoms. The van der Waals surface area contributed by atoms with Gasteiger partial charge in [-0.05, 0) is 55.3 Å². The molecular weight excluding hydrogens is 523 g/mol. The van der Waals surface area contributed by atoms with Gasteiger partial charge in [-0.15, -0.1) is 0 Å². The summed E-state index contributed by atoms with van der Waals surface area (Å²) in [6.45, 7) is 2.78. The van der Waals surface area contributed by atoms with Gasteiger partial charge in [0, 0.05) is 18.9 Å². The molecule has 0 aliphatic carbocycles. The van der Waals surface area contributed by atoms with Crippen molar-refractivity contribution in [2.75, 3.05) is 13.7 Å². The molecule has 1 amide bonds. The van der Waals surface area contributed by atoms with Crippen molar-refractivity contribution >= 4 is 11.9 Å². The second-order valence-electron chi connectivity index (χ2n) is 9.81. The molecule has 2 saturated heterocycles. The molecule has 2 aromatic carbocycles. The van der Waals surface area contributed by atoms with Crippen LogP contribution in [0, 0.1) is 11.2 Å². The maximum Gasteiger partial charge on any atom is 0.416 e. The van der Waals surface area contributed by atoms with Gasteiger partial charge in [0.15, 0.2) is 0 Å². The lowest BCUT2D eigenvalue weighted by Crippen LogP contribution is -2.43. The van der Waals surface area contributed by atoms with Crippen LogP contribution in [0.25, 0.3) is 0 Å². The average molecular weight is 547 g/mol. The lowest BCUT2D eigenvalue weighted by Gasteiger charge is -2.34. The van der Waals surface area contributed by atoms with Gasteiger partial charge in [-0.25, -0.2) is 4.39 Å². The van der Waals surface area contributed by atoms with Crippen LogP contribution in [0.3, 0.4) is 0 Å². The Kier molecular flexibility index (Phi) is 7.00. The molecule has 0 radical (unpaired) electrons. The molecule has 0 spiro atoms. The van der Waals surface area contributed by atoms with E-state index in [0.717, 1.165) is 0 Å². The zero-order valence-corrected chi connectivity index (χ0v) is 20.5. The topological polar surface area (TPSA) is 55.8 Å². The molecule has 5 nitrogen and oxygen atoms in total. The minimum absolute atomic E-state index is 0.0314. The van der Waals surface area contributed by atoms with E-state index < -0.39 is 64.8 Å². The maximum atomic E-state index is 13.7. The second kappa shape index (κ2) is 9.55. The zero-order valence-electron chi connectivity index (χ0n) is 20.5. The van der Waals surface area contributed by atoms with Crippen LogP contribution in [0.1, 0.15) is 54.5 Å². The van der Waals surface area contributed by atoms with E-state index in [-0.39, 0.29) is 30.5 Å². The third-order valence-electron chi connectivity index (χ3n) is 7.31. The highest BCUT2D eigenvalue weighted by Crippen LogP contribution is 2.52. The van der Waals surface area contributed by atoms with Crippen molar-refractivity contribution in [3.63, 3.8) is 0 Å². The van der Waals surface area contributed by atoms with Gasteiger partial charge in [0.2, 0.25) is 5.91 Å². The molecule has 38 heavy (non-hydrogen) atoms. The molecule has 2 fully saturated rings. The lowest BCUT2D eigenvalue weighted by atomic mass is 9.73. The van der Waals surface area contributed by atoms with Crippen molar-refractivity contribution < 1.29 is 49.8 Å². The summed E-state index contributed by atoms with van der Waals surface area (Å²) >= 11 is 0. The number of amides is 1. The second-order valence-corrected chi connectivity index (χ2v) is 9.81. The predicted octanol–water partition coefficient (Wildman–Crippen LogP) is 5.89. The summed E-state index contributed by atoms with van der Waals surface area (Å²) in [6, 6.07) is 5.65. The van der Waals surface area contributed by atoms with Crippen molar-refractivity contribution in [2.24, 2.45) is 5.41 Å². The first-order valence-corrected chi connectivity index (χ1v) is 11.6. The molecular formula is C26H24F7NO4. The summed E-state index contributed by atoms with van der Waals surface area (Å²) in [7, 11) is 1.17. The van der Waals surface area contributed by atoms with Gasteiger partial charge in [-0.2, -0.15) is 26.3 Å². The van der Waals surface area contributed by atoms with Gasteiger partial charge in [-0.3, -0.25) is 9.59 Å². The highest BCUT2D eigenvalue weighted by Gasteiger charge is 2.62. The first-order valence-electron chi connectivity index (χ1n) is 11.6. The summed E-state index contributed by atoms with van der Waals surface area (Å²) in [5.41, 5.74) is -4.15. The summed E-state index contributed by atoms with van der Waals surface area (Å²) < 4.78 is 105. The number of hydrogen-bond donors (Lipinski definition) is 0. The average Bonchev–Trinajstić information content (AvgIpc) is 3.33. The van der Waals surface area contributed by atoms with Crippen molar-refractivity contribution in [3.05, 3.63) is 70.5 Å². The third kappa shape index (κ3) is 4.97. The van der Waals surface area contributed by atoms with Crippen molar-refractivity contribution in [1.82, 2.24) is 4.90 Å². The summed E-state index contributed by atoms with van der Waals surface area (Å²) in [4.78, 5) is 27.1. The number of hydrogen-bond acceptors (Lipinski definition) is 4. The van der Waals surface area contributed by atoms with Gasteiger partial charge in [0.05, 0.1) is 41.9 Å². The van der Waals surface area contributed by atoms with Crippen LogP contribution in [0.5, 0.6) is 0 Å². The Morgan fingerprint density at radius 1 is 1.03 bits per heavy atom. The Balaban J connectivity index is 1.75. The van der Waals surface area contributed by atoms with Crippen LogP contribution < -0.4 is 0 Å². The van der Waals surface area contributed by atoms with E-state index in [9.17, 15) is 40.3 Å². The molecule has 0 N–H and O–H groups in total. The van der Waals surface area contributed by atoms with Gasteiger partial charge in [0.25, 0.3) is 0 Å². The summed E-state index contributed by atoms with van der Waals surface area (Å²) in [5, 5.41) is 0. The molecule has 2 heterocycles. The molecule has 5 atom stereocenters. The maximum absolute atomic E-state index is 13.7. The van der Waals surface area contributed by atoms with Gasteiger partial charge in [0.1, 0.15) is 5.82 Å². The fraction of sp³-hybridized carbons (Fsp3) is 0.462. The van der Waals surface area contributed by atoms with E-state index in [4.69, 9.17) is 9.47 Å². The fourth-order valence-electron chi connectivity index (χ4n) is 5.53. The van der Waals surface area contributed by atoms with Crippen LogP contribution >= 0.6 is 0 Å². The molecule has 0 aromatic heterocycles. The first-order chi connectivity index (χ1) is 17.6. The van der Waals surface area contributed by atoms with Gasteiger partial charge < -0.3 is 14.4 Å². The molecule has 0 saturated carbocycles. The molecule has 2 aliphatic heterocycles. The van der Waals surface area contributed by atoms with Crippen molar-refractivity contribution in [2.45, 2.75) is 56.8 Å². The van der Waals surface area contributed by atoms with Crippen LogP contribution in [0.2, 0.25) is 0 Å². The van der Waals surface area contributed by atoms with Gasteiger partial charge >= 0.3 is 18.3 Å². The van der Waals surface area contributed by atoms with E-state index >= 15 is 0 Å². The highest BCUT2D eigenvalue weighted by atomic mass is 19.4. The quantitative estimate of drug-likeness (QED) is 0.346. The fourth-order valence-corrected chi connectivity index (χ4v) is 5.53. The molecule has 2 aliphatic rings.